The minimum Gasteiger partial charge on any atom is -0.377 e. The van der Waals surface area contributed by atoms with Gasteiger partial charge in [-0.1, -0.05) is 60.2 Å². The summed E-state index contributed by atoms with van der Waals surface area (Å²) in [5.74, 6) is 0.632. The van der Waals surface area contributed by atoms with Crippen LogP contribution >= 0.6 is 0 Å². The summed E-state index contributed by atoms with van der Waals surface area (Å²) in [6.45, 7) is 6.57. The van der Waals surface area contributed by atoms with Gasteiger partial charge in [0.1, 0.15) is 0 Å². The molecule has 6 rings (SSSR count). The van der Waals surface area contributed by atoms with Crippen LogP contribution < -0.4 is 16.0 Å². The molecule has 0 saturated carbocycles. The van der Waals surface area contributed by atoms with Gasteiger partial charge in [0.05, 0.1) is 17.3 Å². The van der Waals surface area contributed by atoms with E-state index < -0.39 is 0 Å². The zero-order valence-electron chi connectivity index (χ0n) is 22.1. The Kier molecular flexibility index (Phi) is 6.24. The Morgan fingerprint density at radius 2 is 1.50 bits per heavy atom. The lowest BCUT2D eigenvalue weighted by Crippen LogP contribution is -2.32. The lowest BCUT2D eigenvalue weighted by atomic mass is 9.74. The number of allylic oxidation sites excluding steroid dienone is 2. The Labute approximate surface area is 224 Å². The SMILES string of the molecule is Cc1cc(C)c(C2Nc3c(C(=O)Nc4ccc(Nc5ccccc5)cc4)cccc3C3C=CCC32)c(C)c1. The van der Waals surface area contributed by atoms with E-state index in [1.54, 1.807) is 0 Å². The number of benzene rings is 4. The van der Waals surface area contributed by atoms with Gasteiger partial charge >= 0.3 is 0 Å². The quantitative estimate of drug-likeness (QED) is 0.242. The van der Waals surface area contributed by atoms with Gasteiger partial charge in [-0.15, -0.1) is 0 Å². The summed E-state index contributed by atoms with van der Waals surface area (Å²) in [6.07, 6.45) is 5.67. The van der Waals surface area contributed by atoms with Crippen molar-refractivity contribution in [2.45, 2.75) is 39.2 Å². The zero-order valence-corrected chi connectivity index (χ0v) is 22.1. The predicted molar refractivity (Wildman–Crippen MR) is 158 cm³/mol. The molecule has 0 spiro atoms. The van der Waals surface area contributed by atoms with Crippen LogP contribution in [0.15, 0.2) is 97.1 Å². The summed E-state index contributed by atoms with van der Waals surface area (Å²) in [7, 11) is 0. The molecule has 4 aromatic rings. The van der Waals surface area contributed by atoms with Gasteiger partial charge in [0.25, 0.3) is 5.91 Å². The van der Waals surface area contributed by atoms with Gasteiger partial charge in [-0.2, -0.15) is 0 Å². The van der Waals surface area contributed by atoms with Crippen LogP contribution in [-0.2, 0) is 0 Å². The van der Waals surface area contributed by atoms with Crippen molar-refractivity contribution in [1.29, 1.82) is 0 Å². The second-order valence-electron chi connectivity index (χ2n) is 10.6. The molecular formula is C34H33N3O. The van der Waals surface area contributed by atoms with E-state index in [0.717, 1.165) is 29.2 Å². The smallest absolute Gasteiger partial charge is 0.257 e. The zero-order chi connectivity index (χ0) is 26.2. The number of hydrogen-bond acceptors (Lipinski definition) is 3. The van der Waals surface area contributed by atoms with Gasteiger partial charge in [-0.3, -0.25) is 4.79 Å². The molecule has 2 aliphatic rings. The van der Waals surface area contributed by atoms with Crippen molar-refractivity contribution in [2.24, 2.45) is 5.92 Å². The fourth-order valence-corrected chi connectivity index (χ4v) is 6.30. The van der Waals surface area contributed by atoms with Gasteiger partial charge in [-0.25, -0.2) is 0 Å². The molecule has 3 unspecified atom stereocenters. The monoisotopic (exact) mass is 499 g/mol. The molecule has 190 valence electrons. The third-order valence-electron chi connectivity index (χ3n) is 7.90. The first-order valence-corrected chi connectivity index (χ1v) is 13.4. The Hall–Kier alpha value is -4.31. The van der Waals surface area contributed by atoms with E-state index in [0.29, 0.717) is 17.4 Å². The van der Waals surface area contributed by atoms with E-state index in [1.807, 2.05) is 66.7 Å². The van der Waals surface area contributed by atoms with Crippen molar-refractivity contribution in [1.82, 2.24) is 0 Å². The highest BCUT2D eigenvalue weighted by atomic mass is 16.1. The molecule has 1 heterocycles. The topological polar surface area (TPSA) is 53.2 Å². The number of amides is 1. The van der Waals surface area contributed by atoms with Crippen molar-refractivity contribution < 1.29 is 4.79 Å². The summed E-state index contributed by atoms with van der Waals surface area (Å²) >= 11 is 0. The van der Waals surface area contributed by atoms with Crippen LogP contribution in [0.2, 0.25) is 0 Å². The largest absolute Gasteiger partial charge is 0.377 e. The van der Waals surface area contributed by atoms with E-state index in [2.05, 4.69) is 67.1 Å². The van der Waals surface area contributed by atoms with E-state index in [9.17, 15) is 4.79 Å². The fourth-order valence-electron chi connectivity index (χ4n) is 6.30. The van der Waals surface area contributed by atoms with E-state index >= 15 is 0 Å². The maximum absolute atomic E-state index is 13.6. The molecule has 1 aliphatic carbocycles. The van der Waals surface area contributed by atoms with Crippen LogP contribution in [0.1, 0.15) is 56.6 Å². The molecule has 4 nitrogen and oxygen atoms in total. The van der Waals surface area contributed by atoms with Crippen LogP contribution in [0.3, 0.4) is 0 Å². The number of carbonyl (C=O) groups excluding carboxylic acids is 1. The van der Waals surface area contributed by atoms with Crippen molar-refractivity contribution in [3.8, 4) is 0 Å². The first-order chi connectivity index (χ1) is 18.5. The van der Waals surface area contributed by atoms with Gasteiger partial charge in [0.2, 0.25) is 0 Å². The summed E-state index contributed by atoms with van der Waals surface area (Å²) in [6, 6.07) is 28.7. The molecule has 1 aliphatic heterocycles. The standard InChI is InChI=1S/C34H33N3O/c1-21-19-22(2)31(23(3)20-21)33-29-13-7-11-27(29)28-12-8-14-30(32(28)37-33)34(38)36-26-17-15-25(16-18-26)35-24-9-5-4-6-10-24/h4-12,14-20,27,29,33,35,37H,13H2,1-3H3,(H,36,38). The van der Waals surface area contributed by atoms with Crippen LogP contribution in [0.25, 0.3) is 0 Å². The minimum atomic E-state index is -0.102. The fraction of sp³-hybridized carbons (Fsp3) is 0.206. The maximum Gasteiger partial charge on any atom is 0.257 e. The van der Waals surface area contributed by atoms with Crippen molar-refractivity contribution >= 4 is 28.7 Å². The van der Waals surface area contributed by atoms with Gasteiger partial charge in [0.15, 0.2) is 0 Å². The molecule has 3 N–H and O–H groups in total. The Morgan fingerprint density at radius 3 is 2.24 bits per heavy atom. The molecule has 0 saturated heterocycles. The average molecular weight is 500 g/mol. The number of hydrogen-bond donors (Lipinski definition) is 3. The second kappa shape index (κ2) is 9.86. The number of anilines is 4. The number of aryl methyl sites for hydroxylation is 3. The summed E-state index contributed by atoms with van der Waals surface area (Å²) in [4.78, 5) is 13.6. The van der Waals surface area contributed by atoms with E-state index in [1.165, 1.54) is 27.8 Å². The molecule has 38 heavy (non-hydrogen) atoms. The summed E-state index contributed by atoms with van der Waals surface area (Å²) < 4.78 is 0. The molecule has 4 heteroatoms. The molecule has 4 aromatic carbocycles. The van der Waals surface area contributed by atoms with E-state index in [-0.39, 0.29) is 11.9 Å². The molecule has 0 radical (unpaired) electrons. The first-order valence-electron chi connectivity index (χ1n) is 13.4. The Balaban J connectivity index is 1.28. The number of para-hydroxylation sites is 2. The molecule has 1 amide bonds. The molecule has 3 atom stereocenters. The van der Waals surface area contributed by atoms with Crippen molar-refractivity contribution in [3.05, 3.63) is 130 Å². The number of fused-ring (bicyclic) bond motifs is 3. The van der Waals surface area contributed by atoms with Gasteiger partial charge in [-0.05, 0) is 97.8 Å². The Morgan fingerprint density at radius 1 is 0.816 bits per heavy atom. The molecule has 0 aromatic heterocycles. The minimum absolute atomic E-state index is 0.102. The van der Waals surface area contributed by atoms with Crippen molar-refractivity contribution in [3.63, 3.8) is 0 Å². The van der Waals surface area contributed by atoms with Gasteiger partial charge < -0.3 is 16.0 Å². The lowest BCUT2D eigenvalue weighted by molar-refractivity contribution is 0.102. The maximum atomic E-state index is 13.6. The highest BCUT2D eigenvalue weighted by Crippen LogP contribution is 2.51. The highest BCUT2D eigenvalue weighted by molar-refractivity contribution is 6.08. The second-order valence-corrected chi connectivity index (χ2v) is 10.6. The third-order valence-corrected chi connectivity index (χ3v) is 7.90. The molecule has 0 fully saturated rings. The molecular weight excluding hydrogens is 466 g/mol. The normalized spacial score (nSPS) is 19.3. The average Bonchev–Trinajstić information content (AvgIpc) is 3.40. The third kappa shape index (κ3) is 4.47. The molecule has 0 bridgehead atoms. The van der Waals surface area contributed by atoms with Crippen LogP contribution in [0, 0.1) is 26.7 Å². The number of carbonyl (C=O) groups is 1. The van der Waals surface area contributed by atoms with Crippen LogP contribution in [-0.4, -0.2) is 5.91 Å². The summed E-state index contributed by atoms with van der Waals surface area (Å²) in [5.41, 5.74) is 10.9. The van der Waals surface area contributed by atoms with Crippen molar-refractivity contribution in [2.75, 3.05) is 16.0 Å². The summed E-state index contributed by atoms with van der Waals surface area (Å²) in [5, 5.41) is 10.3. The number of rotatable bonds is 5. The number of nitrogens with one attached hydrogen (secondary N) is 3. The van der Waals surface area contributed by atoms with E-state index in [4.69, 9.17) is 0 Å². The van der Waals surface area contributed by atoms with Crippen LogP contribution in [0.4, 0.5) is 22.7 Å². The first kappa shape index (κ1) is 24.1. The highest BCUT2D eigenvalue weighted by Gasteiger charge is 2.40. The Bertz CT molecular complexity index is 1500. The predicted octanol–water partition coefficient (Wildman–Crippen LogP) is 8.43. The van der Waals surface area contributed by atoms with Gasteiger partial charge in [0, 0.05) is 23.0 Å². The lowest BCUT2D eigenvalue weighted by Gasteiger charge is -2.39. The van der Waals surface area contributed by atoms with Crippen LogP contribution in [0.5, 0.6) is 0 Å².